The summed E-state index contributed by atoms with van der Waals surface area (Å²) in [7, 11) is 0. The van der Waals surface area contributed by atoms with E-state index in [2.05, 4.69) is 61.5 Å². The number of carbonyl (C=O) groups is 1. The quantitative estimate of drug-likeness (QED) is 0.328. The van der Waals surface area contributed by atoms with E-state index in [0.717, 1.165) is 30.4 Å². The maximum atomic E-state index is 12.1. The predicted octanol–water partition coefficient (Wildman–Crippen LogP) is 7.52. The average Bonchev–Trinajstić information content (AvgIpc) is 3.27. The molecule has 3 aliphatic rings. The van der Waals surface area contributed by atoms with E-state index in [0.29, 0.717) is 42.6 Å². The van der Waals surface area contributed by atoms with E-state index in [1.807, 2.05) is 18.2 Å². The van der Waals surface area contributed by atoms with Crippen LogP contribution in [0.3, 0.4) is 0 Å². The number of benzene rings is 3. The van der Waals surface area contributed by atoms with E-state index in [4.69, 9.17) is 9.47 Å². The molecule has 0 N–H and O–H groups in total. The molecule has 3 aromatic carbocycles. The molecule has 2 saturated carbocycles. The molecule has 6 rings (SSSR count). The topological polar surface area (TPSA) is 35.5 Å². The molecule has 0 saturated heterocycles. The van der Waals surface area contributed by atoms with Crippen molar-refractivity contribution in [1.29, 1.82) is 0 Å². The van der Waals surface area contributed by atoms with E-state index in [9.17, 15) is 4.79 Å². The molecule has 0 aromatic heterocycles. The zero-order chi connectivity index (χ0) is 24.5. The molecular weight excluding hydrogens is 444 g/mol. The van der Waals surface area contributed by atoms with Gasteiger partial charge in [-0.2, -0.15) is 0 Å². The lowest BCUT2D eigenvalue weighted by Crippen LogP contribution is -2.44. The second-order valence-electron chi connectivity index (χ2n) is 11.3. The van der Waals surface area contributed by atoms with Crippen LogP contribution in [-0.2, 0) is 24.4 Å². The number of hydrogen-bond donors (Lipinski definition) is 0. The van der Waals surface area contributed by atoms with Crippen LogP contribution < -0.4 is 4.74 Å². The smallest absolute Gasteiger partial charge is 0.153 e. The Bertz CT molecular complexity index is 1200. The molecule has 0 bridgehead atoms. The van der Waals surface area contributed by atoms with E-state index >= 15 is 0 Å². The lowest BCUT2D eigenvalue weighted by atomic mass is 9.55. The van der Waals surface area contributed by atoms with E-state index in [1.165, 1.54) is 42.4 Å². The van der Waals surface area contributed by atoms with Gasteiger partial charge in [-0.3, -0.25) is 4.79 Å². The van der Waals surface area contributed by atoms with Gasteiger partial charge in [0.15, 0.2) is 6.29 Å². The average molecular weight is 481 g/mol. The van der Waals surface area contributed by atoms with Gasteiger partial charge in [-0.1, -0.05) is 67.6 Å². The fourth-order valence-corrected chi connectivity index (χ4v) is 7.57. The minimum absolute atomic E-state index is 0.250. The second-order valence-corrected chi connectivity index (χ2v) is 11.3. The lowest BCUT2D eigenvalue weighted by Gasteiger charge is -2.50. The van der Waals surface area contributed by atoms with E-state index in [-0.39, 0.29) is 5.41 Å². The lowest BCUT2D eigenvalue weighted by molar-refractivity contribution is -0.0707. The van der Waals surface area contributed by atoms with Crippen molar-refractivity contribution >= 4 is 6.29 Å². The van der Waals surface area contributed by atoms with Gasteiger partial charge in [0, 0.05) is 0 Å². The Balaban J connectivity index is 1.19. The molecule has 0 heterocycles. The van der Waals surface area contributed by atoms with Crippen LogP contribution in [0.2, 0.25) is 0 Å². The number of hydrogen-bond acceptors (Lipinski definition) is 3. The molecule has 36 heavy (non-hydrogen) atoms. The molecule has 5 atom stereocenters. The number of rotatable bonds is 7. The summed E-state index contributed by atoms with van der Waals surface area (Å²) in [5.41, 5.74) is 6.09. The van der Waals surface area contributed by atoms with Crippen molar-refractivity contribution < 1.29 is 14.3 Å². The molecule has 3 nitrogen and oxygen atoms in total. The normalized spacial score (nSPS) is 28.6. The van der Waals surface area contributed by atoms with Gasteiger partial charge in [0.25, 0.3) is 0 Å². The molecule has 186 valence electrons. The first-order chi connectivity index (χ1) is 17.7. The van der Waals surface area contributed by atoms with Crippen LogP contribution in [0.1, 0.15) is 77.6 Å². The van der Waals surface area contributed by atoms with Crippen LogP contribution in [0, 0.1) is 17.3 Å². The minimum Gasteiger partial charge on any atom is -0.488 e. The third-order valence-corrected chi connectivity index (χ3v) is 9.43. The molecule has 3 aliphatic carbocycles. The fraction of sp³-hybridized carbons (Fsp3) is 0.424. The molecule has 0 radical (unpaired) electrons. The SMILES string of the molecule is C[C@]12CC[C@@H]3c4cc(C=O)c(OCc5ccccc5)cc4CC[C@@H]3[C@@H]1CC[C@@H]2OCc1ccccc1. The van der Waals surface area contributed by atoms with Crippen LogP contribution in [-0.4, -0.2) is 12.4 Å². The van der Waals surface area contributed by atoms with Crippen molar-refractivity contribution in [1.82, 2.24) is 0 Å². The monoisotopic (exact) mass is 480 g/mol. The summed E-state index contributed by atoms with van der Waals surface area (Å²) in [6, 6.07) is 25.0. The zero-order valence-electron chi connectivity index (χ0n) is 21.2. The highest BCUT2D eigenvalue weighted by molar-refractivity contribution is 5.80. The summed E-state index contributed by atoms with van der Waals surface area (Å²) in [4.78, 5) is 12.1. The van der Waals surface area contributed by atoms with Gasteiger partial charge in [0.1, 0.15) is 12.4 Å². The van der Waals surface area contributed by atoms with E-state index < -0.39 is 0 Å². The number of carbonyl (C=O) groups excluding carboxylic acids is 1. The zero-order valence-corrected chi connectivity index (χ0v) is 21.2. The number of aldehydes is 1. The van der Waals surface area contributed by atoms with Gasteiger partial charge in [-0.05, 0) is 96.1 Å². The summed E-state index contributed by atoms with van der Waals surface area (Å²) in [6.07, 6.45) is 8.39. The van der Waals surface area contributed by atoms with Crippen LogP contribution in [0.25, 0.3) is 0 Å². The second kappa shape index (κ2) is 9.86. The highest BCUT2D eigenvalue weighted by Gasteiger charge is 2.55. The summed E-state index contributed by atoms with van der Waals surface area (Å²) in [5, 5.41) is 0. The number of fused-ring (bicyclic) bond motifs is 5. The van der Waals surface area contributed by atoms with Gasteiger partial charge < -0.3 is 9.47 Å². The van der Waals surface area contributed by atoms with Crippen molar-refractivity contribution in [3.63, 3.8) is 0 Å². The predicted molar refractivity (Wildman–Crippen MR) is 142 cm³/mol. The van der Waals surface area contributed by atoms with Crippen LogP contribution >= 0.6 is 0 Å². The minimum atomic E-state index is 0.250. The molecule has 2 fully saturated rings. The third-order valence-electron chi connectivity index (χ3n) is 9.43. The maximum Gasteiger partial charge on any atom is 0.153 e. The number of aryl methyl sites for hydroxylation is 1. The molecule has 3 heteroatoms. The van der Waals surface area contributed by atoms with Crippen molar-refractivity contribution in [2.75, 3.05) is 0 Å². The van der Waals surface area contributed by atoms with Gasteiger partial charge in [0.05, 0.1) is 18.3 Å². The Morgan fingerprint density at radius 2 is 1.61 bits per heavy atom. The first-order valence-electron chi connectivity index (χ1n) is 13.6. The highest BCUT2D eigenvalue weighted by Crippen LogP contribution is 2.61. The van der Waals surface area contributed by atoms with E-state index in [1.54, 1.807) is 0 Å². The fourth-order valence-electron chi connectivity index (χ4n) is 7.57. The molecular formula is C33H36O3. The summed E-state index contributed by atoms with van der Waals surface area (Å²) < 4.78 is 12.7. The van der Waals surface area contributed by atoms with Gasteiger partial charge in [0.2, 0.25) is 0 Å². The van der Waals surface area contributed by atoms with Gasteiger partial charge in [-0.25, -0.2) is 0 Å². The summed E-state index contributed by atoms with van der Waals surface area (Å²) >= 11 is 0. The number of ether oxygens (including phenoxy) is 2. The Morgan fingerprint density at radius 1 is 0.889 bits per heavy atom. The summed E-state index contributed by atoms with van der Waals surface area (Å²) in [6.45, 7) is 3.68. The molecule has 3 aromatic rings. The maximum absolute atomic E-state index is 12.1. The first-order valence-corrected chi connectivity index (χ1v) is 13.6. The van der Waals surface area contributed by atoms with Crippen molar-refractivity contribution in [2.45, 2.75) is 70.7 Å². The van der Waals surface area contributed by atoms with Gasteiger partial charge in [-0.15, -0.1) is 0 Å². The molecule has 0 unspecified atom stereocenters. The Morgan fingerprint density at radius 3 is 2.33 bits per heavy atom. The molecule has 0 spiro atoms. The Labute approximate surface area is 214 Å². The molecule has 0 aliphatic heterocycles. The van der Waals surface area contributed by atoms with Crippen LogP contribution in [0.5, 0.6) is 5.75 Å². The van der Waals surface area contributed by atoms with Crippen LogP contribution in [0.15, 0.2) is 72.8 Å². The Hall–Kier alpha value is -2.91. The largest absolute Gasteiger partial charge is 0.488 e. The molecule has 0 amide bonds. The standard InChI is InChI=1S/C33H36O3/c1-33-17-16-27-28(30(33)14-15-32(33)36-22-24-10-6-3-7-11-24)13-12-25-19-31(26(20-34)18-29(25)27)35-21-23-8-4-2-5-9-23/h2-11,18-20,27-28,30,32H,12-17,21-22H2,1H3/t27-,28-,30-,32-,33-/m0/s1. The third kappa shape index (κ3) is 4.28. The van der Waals surface area contributed by atoms with Crippen molar-refractivity contribution in [3.05, 3.63) is 101 Å². The van der Waals surface area contributed by atoms with Crippen molar-refractivity contribution in [2.24, 2.45) is 17.3 Å². The summed E-state index contributed by atoms with van der Waals surface area (Å²) in [5.74, 6) is 2.64. The first kappa shape index (κ1) is 23.5. The highest BCUT2D eigenvalue weighted by atomic mass is 16.5. The van der Waals surface area contributed by atoms with Crippen LogP contribution in [0.4, 0.5) is 0 Å². The van der Waals surface area contributed by atoms with Crippen molar-refractivity contribution in [3.8, 4) is 5.75 Å². The van der Waals surface area contributed by atoms with Gasteiger partial charge >= 0.3 is 0 Å². The Kier molecular flexibility index (Phi) is 6.43.